The maximum Gasteiger partial charge on any atom is 0.131 e. The molecule has 1 fully saturated rings. The van der Waals surface area contributed by atoms with E-state index >= 15 is 0 Å². The van der Waals surface area contributed by atoms with Crippen LogP contribution in [0.3, 0.4) is 0 Å². The Labute approximate surface area is 101 Å². The molecule has 2 atom stereocenters. The Morgan fingerprint density at radius 1 is 1.35 bits per heavy atom. The average Bonchev–Trinajstić information content (AvgIpc) is 2.68. The van der Waals surface area contributed by atoms with Crippen molar-refractivity contribution in [3.05, 3.63) is 18.2 Å². The molecule has 0 bridgehead atoms. The second kappa shape index (κ2) is 5.33. The number of aromatic nitrogens is 1. The summed E-state index contributed by atoms with van der Waals surface area (Å²) in [6.45, 7) is 3.86. The van der Waals surface area contributed by atoms with Crippen LogP contribution in [-0.2, 0) is 0 Å². The molecular formula is C12H19N3O2. The Bertz CT molecular complexity index is 363. The predicted octanol–water partition coefficient (Wildman–Crippen LogP) is 0.445. The van der Waals surface area contributed by atoms with Crippen molar-refractivity contribution >= 4 is 11.6 Å². The van der Waals surface area contributed by atoms with E-state index in [-0.39, 0.29) is 0 Å². The van der Waals surface area contributed by atoms with Gasteiger partial charge in [0, 0.05) is 19.6 Å². The van der Waals surface area contributed by atoms with Gasteiger partial charge in [-0.2, -0.15) is 0 Å². The van der Waals surface area contributed by atoms with Crippen LogP contribution >= 0.6 is 0 Å². The highest BCUT2D eigenvalue weighted by Gasteiger charge is 2.30. The number of aliphatic hydroxyl groups excluding tert-OH is 2. The lowest BCUT2D eigenvalue weighted by atomic mass is 10.3. The number of hydrogen-bond acceptors (Lipinski definition) is 5. The van der Waals surface area contributed by atoms with Crippen LogP contribution < -0.4 is 10.2 Å². The number of anilines is 2. The van der Waals surface area contributed by atoms with Crippen molar-refractivity contribution in [2.45, 2.75) is 25.6 Å². The second-order valence-electron chi connectivity index (χ2n) is 4.35. The van der Waals surface area contributed by atoms with Crippen molar-refractivity contribution in [2.75, 3.05) is 29.9 Å². The zero-order chi connectivity index (χ0) is 12.3. The van der Waals surface area contributed by atoms with Gasteiger partial charge in [-0.05, 0) is 18.6 Å². The summed E-state index contributed by atoms with van der Waals surface area (Å²) < 4.78 is 0. The third kappa shape index (κ3) is 2.87. The first-order chi connectivity index (χ1) is 8.20. The molecule has 3 N–H and O–H groups in total. The zero-order valence-corrected chi connectivity index (χ0v) is 10.0. The summed E-state index contributed by atoms with van der Waals surface area (Å²) in [5.41, 5.74) is 0. The molecule has 1 saturated heterocycles. The minimum absolute atomic E-state index is 0.436. The van der Waals surface area contributed by atoms with Crippen LogP contribution in [0.1, 0.15) is 13.3 Å². The molecule has 0 spiro atoms. The van der Waals surface area contributed by atoms with Crippen LogP contribution in [-0.4, -0.2) is 47.0 Å². The van der Waals surface area contributed by atoms with E-state index < -0.39 is 12.2 Å². The molecule has 1 aromatic heterocycles. The fourth-order valence-electron chi connectivity index (χ4n) is 1.91. The number of nitrogens with one attached hydrogen (secondary N) is 1. The summed E-state index contributed by atoms with van der Waals surface area (Å²) in [5, 5.41) is 22.2. The molecule has 17 heavy (non-hydrogen) atoms. The summed E-state index contributed by atoms with van der Waals surface area (Å²) >= 11 is 0. The summed E-state index contributed by atoms with van der Waals surface area (Å²) in [4.78, 5) is 6.35. The van der Waals surface area contributed by atoms with Gasteiger partial charge in [0.2, 0.25) is 0 Å². The van der Waals surface area contributed by atoms with Crippen LogP contribution in [0, 0.1) is 0 Å². The summed E-state index contributed by atoms with van der Waals surface area (Å²) in [6.07, 6.45) is -0.305. The van der Waals surface area contributed by atoms with E-state index in [0.717, 1.165) is 24.6 Å². The summed E-state index contributed by atoms with van der Waals surface area (Å²) in [7, 11) is 0. The Hall–Kier alpha value is -1.33. The molecular weight excluding hydrogens is 218 g/mol. The smallest absolute Gasteiger partial charge is 0.131 e. The monoisotopic (exact) mass is 237 g/mol. The minimum Gasteiger partial charge on any atom is -0.389 e. The highest BCUT2D eigenvalue weighted by molar-refractivity contribution is 5.48. The van der Waals surface area contributed by atoms with E-state index in [9.17, 15) is 10.2 Å². The lowest BCUT2D eigenvalue weighted by Crippen LogP contribution is -2.22. The molecule has 2 rings (SSSR count). The number of hydrogen-bond donors (Lipinski definition) is 3. The first kappa shape index (κ1) is 12.1. The molecule has 2 heterocycles. The number of β-amino-alcohol motifs (C(OH)–C–C–N with tert-alkyl or cyclic N) is 2. The number of pyridine rings is 1. The van der Waals surface area contributed by atoms with Gasteiger partial charge in [-0.25, -0.2) is 4.98 Å². The van der Waals surface area contributed by atoms with E-state index in [0.29, 0.717) is 13.1 Å². The molecule has 5 nitrogen and oxygen atoms in total. The Balaban J connectivity index is 2.06. The van der Waals surface area contributed by atoms with Gasteiger partial charge in [0.25, 0.3) is 0 Å². The van der Waals surface area contributed by atoms with Gasteiger partial charge in [-0.15, -0.1) is 0 Å². The molecule has 0 aromatic carbocycles. The molecule has 0 amide bonds. The largest absolute Gasteiger partial charge is 0.389 e. The number of rotatable bonds is 4. The van der Waals surface area contributed by atoms with Gasteiger partial charge in [-0.1, -0.05) is 13.0 Å². The summed E-state index contributed by atoms with van der Waals surface area (Å²) in [6, 6.07) is 5.74. The van der Waals surface area contributed by atoms with E-state index in [1.165, 1.54) is 0 Å². The molecule has 0 saturated carbocycles. The van der Waals surface area contributed by atoms with Gasteiger partial charge in [-0.3, -0.25) is 0 Å². The SMILES string of the molecule is CCCNc1cccc(N2CC(O)C(O)C2)n1. The maximum atomic E-state index is 9.51. The molecule has 1 aliphatic rings. The number of nitrogens with zero attached hydrogens (tertiary/aromatic N) is 2. The lowest BCUT2D eigenvalue weighted by molar-refractivity contribution is 0.0572. The first-order valence-electron chi connectivity index (χ1n) is 6.02. The van der Waals surface area contributed by atoms with Crippen molar-refractivity contribution in [3.63, 3.8) is 0 Å². The van der Waals surface area contributed by atoms with Crippen molar-refractivity contribution in [3.8, 4) is 0 Å². The Morgan fingerprint density at radius 2 is 2.06 bits per heavy atom. The van der Waals surface area contributed by atoms with Crippen molar-refractivity contribution in [1.82, 2.24) is 4.98 Å². The van der Waals surface area contributed by atoms with E-state index in [4.69, 9.17) is 0 Å². The van der Waals surface area contributed by atoms with Gasteiger partial charge < -0.3 is 20.4 Å². The van der Waals surface area contributed by atoms with Gasteiger partial charge in [0.1, 0.15) is 11.6 Å². The van der Waals surface area contributed by atoms with E-state index in [1.54, 1.807) is 0 Å². The van der Waals surface area contributed by atoms with Gasteiger partial charge >= 0.3 is 0 Å². The fourth-order valence-corrected chi connectivity index (χ4v) is 1.91. The predicted molar refractivity (Wildman–Crippen MR) is 67.2 cm³/mol. The van der Waals surface area contributed by atoms with E-state index in [1.807, 2.05) is 23.1 Å². The molecule has 0 aliphatic carbocycles. The molecule has 1 aromatic rings. The van der Waals surface area contributed by atoms with Gasteiger partial charge in [0.05, 0.1) is 12.2 Å². The average molecular weight is 237 g/mol. The van der Waals surface area contributed by atoms with Crippen molar-refractivity contribution < 1.29 is 10.2 Å². The molecule has 94 valence electrons. The highest BCUT2D eigenvalue weighted by Crippen LogP contribution is 2.20. The maximum absolute atomic E-state index is 9.51. The van der Waals surface area contributed by atoms with Crippen molar-refractivity contribution in [1.29, 1.82) is 0 Å². The molecule has 2 unspecified atom stereocenters. The highest BCUT2D eigenvalue weighted by atomic mass is 16.3. The first-order valence-corrected chi connectivity index (χ1v) is 6.02. The van der Waals surface area contributed by atoms with Gasteiger partial charge in [0.15, 0.2) is 0 Å². The standard InChI is InChI=1S/C12H19N3O2/c1-2-6-13-11-4-3-5-12(14-11)15-7-9(16)10(17)8-15/h3-5,9-10,16-17H,2,6-8H2,1H3,(H,13,14). The van der Waals surface area contributed by atoms with Crippen LogP contribution in [0.2, 0.25) is 0 Å². The van der Waals surface area contributed by atoms with Crippen molar-refractivity contribution in [2.24, 2.45) is 0 Å². The van der Waals surface area contributed by atoms with E-state index in [2.05, 4.69) is 17.2 Å². The fraction of sp³-hybridized carbons (Fsp3) is 0.583. The lowest BCUT2D eigenvalue weighted by Gasteiger charge is -2.17. The molecule has 1 aliphatic heterocycles. The Kier molecular flexibility index (Phi) is 3.81. The molecule has 0 radical (unpaired) electrons. The topological polar surface area (TPSA) is 68.6 Å². The van der Waals surface area contributed by atoms with Crippen LogP contribution in [0.4, 0.5) is 11.6 Å². The minimum atomic E-state index is -0.677. The van der Waals surface area contributed by atoms with Crippen LogP contribution in [0.5, 0.6) is 0 Å². The third-order valence-corrected chi connectivity index (χ3v) is 2.87. The molecule has 5 heteroatoms. The Morgan fingerprint density at radius 3 is 2.71 bits per heavy atom. The second-order valence-corrected chi connectivity index (χ2v) is 4.35. The van der Waals surface area contributed by atoms with Crippen LogP contribution in [0.15, 0.2) is 18.2 Å². The van der Waals surface area contributed by atoms with Crippen LogP contribution in [0.25, 0.3) is 0 Å². The quantitative estimate of drug-likeness (QED) is 0.709. The normalized spacial score (nSPS) is 24.1. The third-order valence-electron chi connectivity index (χ3n) is 2.87. The summed E-state index contributed by atoms with van der Waals surface area (Å²) in [5.74, 6) is 1.63. The number of aliphatic hydroxyl groups is 2. The zero-order valence-electron chi connectivity index (χ0n) is 10.0.